The van der Waals surface area contributed by atoms with Crippen molar-refractivity contribution in [2.75, 3.05) is 6.54 Å². The van der Waals surface area contributed by atoms with E-state index in [1.807, 2.05) is 42.6 Å². The van der Waals surface area contributed by atoms with Gasteiger partial charge in [-0.25, -0.2) is 9.67 Å². The molecule has 116 valence electrons. The van der Waals surface area contributed by atoms with Crippen LogP contribution in [0.25, 0.3) is 5.69 Å². The van der Waals surface area contributed by atoms with Crippen molar-refractivity contribution >= 4 is 17.3 Å². The zero-order valence-electron chi connectivity index (χ0n) is 12.9. The van der Waals surface area contributed by atoms with E-state index in [1.54, 1.807) is 10.9 Å². The maximum absolute atomic E-state index is 5.23. The summed E-state index contributed by atoms with van der Waals surface area (Å²) in [5, 5.41) is 8.81. The van der Waals surface area contributed by atoms with Crippen LogP contribution in [0.2, 0.25) is 0 Å². The molecule has 0 bridgehead atoms. The molecule has 0 aliphatic carbocycles. The molecule has 0 saturated carbocycles. The van der Waals surface area contributed by atoms with E-state index in [9.17, 15) is 0 Å². The summed E-state index contributed by atoms with van der Waals surface area (Å²) in [7, 11) is 0. The average Bonchev–Trinajstić information content (AvgIpc) is 2.56. The van der Waals surface area contributed by atoms with E-state index in [-0.39, 0.29) is 0 Å². The number of nitrogens with one attached hydrogen (secondary N) is 1. The topological polar surface area (TPSA) is 42.2 Å². The van der Waals surface area contributed by atoms with E-state index in [0.717, 1.165) is 24.0 Å². The number of hydrogen-bond donors (Lipinski definition) is 1. The minimum absolute atomic E-state index is 0.524. The normalized spacial score (nSPS) is 11.4. The number of hydrogen-bond acceptors (Lipinski definition) is 2. The molecule has 0 fully saturated rings. The summed E-state index contributed by atoms with van der Waals surface area (Å²) < 4.78 is 1.81. The maximum atomic E-state index is 5.23. The van der Waals surface area contributed by atoms with Crippen molar-refractivity contribution in [3.05, 3.63) is 54.1 Å². The Kier molecular flexibility index (Phi) is 6.77. The van der Waals surface area contributed by atoms with Crippen molar-refractivity contribution in [1.82, 2.24) is 15.1 Å². The zero-order chi connectivity index (χ0) is 15.6. The van der Waals surface area contributed by atoms with Gasteiger partial charge in [0, 0.05) is 12.7 Å². The molecule has 1 aromatic carbocycles. The molecule has 2 aromatic rings. The van der Waals surface area contributed by atoms with Gasteiger partial charge >= 0.3 is 0 Å². The van der Waals surface area contributed by atoms with Crippen LogP contribution in [0.4, 0.5) is 0 Å². The quantitative estimate of drug-likeness (QED) is 0.657. The van der Waals surface area contributed by atoms with Gasteiger partial charge in [-0.05, 0) is 36.8 Å². The predicted octanol–water partition coefficient (Wildman–Crippen LogP) is 3.23. The van der Waals surface area contributed by atoms with Crippen LogP contribution < -0.4 is 10.7 Å². The van der Waals surface area contributed by atoms with E-state index in [2.05, 4.69) is 22.3 Å². The SMILES string of the molecule is CCCCCCNC(=S)/N=c1/ccn(-c2ccccc2)nc1. The highest BCUT2D eigenvalue weighted by molar-refractivity contribution is 7.80. The molecule has 1 N–H and O–H groups in total. The first-order valence-electron chi connectivity index (χ1n) is 7.72. The molecule has 0 saturated heterocycles. The number of rotatable bonds is 6. The monoisotopic (exact) mass is 314 g/mol. The lowest BCUT2D eigenvalue weighted by molar-refractivity contribution is 0.654. The van der Waals surface area contributed by atoms with Crippen LogP contribution in [0.15, 0.2) is 53.8 Å². The molecule has 5 heteroatoms. The van der Waals surface area contributed by atoms with Crippen molar-refractivity contribution in [3.63, 3.8) is 0 Å². The molecule has 0 unspecified atom stereocenters. The van der Waals surface area contributed by atoms with Crippen LogP contribution in [0.5, 0.6) is 0 Å². The third-order valence-corrected chi connectivity index (χ3v) is 3.49. The fraction of sp³-hybridized carbons (Fsp3) is 0.353. The summed E-state index contributed by atoms with van der Waals surface area (Å²) in [6.45, 7) is 3.09. The Morgan fingerprint density at radius 3 is 2.68 bits per heavy atom. The Bertz CT molecular complexity index is 629. The molecule has 0 amide bonds. The third-order valence-electron chi connectivity index (χ3n) is 3.26. The van der Waals surface area contributed by atoms with Gasteiger partial charge in [-0.1, -0.05) is 44.4 Å². The Morgan fingerprint density at radius 2 is 2.00 bits per heavy atom. The highest BCUT2D eigenvalue weighted by Gasteiger charge is 1.95. The molecule has 22 heavy (non-hydrogen) atoms. The molecule has 2 rings (SSSR count). The number of nitrogens with zero attached hydrogens (tertiary/aromatic N) is 3. The third kappa shape index (κ3) is 5.41. The Hall–Kier alpha value is -2.01. The van der Waals surface area contributed by atoms with Crippen LogP contribution >= 0.6 is 12.2 Å². The van der Waals surface area contributed by atoms with Crippen LogP contribution in [-0.2, 0) is 0 Å². The van der Waals surface area contributed by atoms with Crippen molar-refractivity contribution in [2.24, 2.45) is 4.99 Å². The fourth-order valence-electron chi connectivity index (χ4n) is 2.05. The van der Waals surface area contributed by atoms with E-state index in [1.165, 1.54) is 19.3 Å². The number of unbranched alkanes of at least 4 members (excludes halogenated alkanes) is 3. The summed E-state index contributed by atoms with van der Waals surface area (Å²) in [5.74, 6) is 0. The minimum Gasteiger partial charge on any atom is -0.361 e. The molecule has 0 spiro atoms. The van der Waals surface area contributed by atoms with Gasteiger partial charge in [-0.15, -0.1) is 0 Å². The number of aromatic nitrogens is 2. The van der Waals surface area contributed by atoms with Crippen LogP contribution in [0.3, 0.4) is 0 Å². The summed E-state index contributed by atoms with van der Waals surface area (Å²) >= 11 is 5.23. The highest BCUT2D eigenvalue weighted by atomic mass is 32.1. The molecule has 1 aromatic heterocycles. The smallest absolute Gasteiger partial charge is 0.193 e. The first-order valence-corrected chi connectivity index (χ1v) is 8.13. The van der Waals surface area contributed by atoms with Crippen molar-refractivity contribution < 1.29 is 0 Å². The largest absolute Gasteiger partial charge is 0.361 e. The lowest BCUT2D eigenvalue weighted by atomic mass is 10.2. The molecule has 4 nitrogen and oxygen atoms in total. The van der Waals surface area contributed by atoms with Crippen LogP contribution in [0, 0.1) is 0 Å². The van der Waals surface area contributed by atoms with Gasteiger partial charge in [0.1, 0.15) is 0 Å². The lowest BCUT2D eigenvalue weighted by Gasteiger charge is -2.04. The summed E-state index contributed by atoms with van der Waals surface area (Å²) in [5.41, 5.74) is 1.02. The molecule has 1 heterocycles. The van der Waals surface area contributed by atoms with Crippen molar-refractivity contribution in [1.29, 1.82) is 0 Å². The van der Waals surface area contributed by atoms with Gasteiger partial charge in [0.2, 0.25) is 0 Å². The Morgan fingerprint density at radius 1 is 1.18 bits per heavy atom. The summed E-state index contributed by atoms with van der Waals surface area (Å²) in [6.07, 6.45) is 8.48. The molecule has 0 aliphatic heterocycles. The van der Waals surface area contributed by atoms with E-state index >= 15 is 0 Å². The lowest BCUT2D eigenvalue weighted by Crippen LogP contribution is -2.23. The molecule has 0 radical (unpaired) electrons. The van der Waals surface area contributed by atoms with Crippen LogP contribution in [0.1, 0.15) is 32.6 Å². The highest BCUT2D eigenvalue weighted by Crippen LogP contribution is 2.02. The standard InChI is InChI=1S/C17H22N4S/c1-2-3-4-8-12-18-17(22)20-15-11-13-21(19-14-15)16-9-6-5-7-10-16/h5-7,9-11,13-14H,2-4,8,12H2,1H3,(H,18,22)/b20-15-. The summed E-state index contributed by atoms with van der Waals surface area (Å²) in [4.78, 5) is 4.36. The minimum atomic E-state index is 0.524. The zero-order valence-corrected chi connectivity index (χ0v) is 13.7. The number of benzene rings is 1. The fourth-order valence-corrected chi connectivity index (χ4v) is 2.26. The van der Waals surface area contributed by atoms with Gasteiger partial charge in [-0.2, -0.15) is 5.10 Å². The molecular formula is C17H22N4S. The first kappa shape index (κ1) is 16.4. The second-order valence-corrected chi connectivity index (χ2v) is 5.46. The van der Waals surface area contributed by atoms with E-state index < -0.39 is 0 Å². The average molecular weight is 314 g/mol. The van der Waals surface area contributed by atoms with E-state index in [4.69, 9.17) is 12.2 Å². The second kappa shape index (κ2) is 9.10. The molecule has 0 atom stereocenters. The van der Waals surface area contributed by atoms with Gasteiger partial charge in [0.05, 0.1) is 17.2 Å². The second-order valence-electron chi connectivity index (χ2n) is 5.07. The van der Waals surface area contributed by atoms with Crippen molar-refractivity contribution in [3.8, 4) is 5.69 Å². The molecule has 0 aliphatic rings. The predicted molar refractivity (Wildman–Crippen MR) is 93.9 cm³/mol. The van der Waals surface area contributed by atoms with E-state index in [0.29, 0.717) is 5.11 Å². The maximum Gasteiger partial charge on any atom is 0.193 e. The van der Waals surface area contributed by atoms with Crippen molar-refractivity contribution in [2.45, 2.75) is 32.6 Å². The van der Waals surface area contributed by atoms with Crippen LogP contribution in [-0.4, -0.2) is 21.4 Å². The van der Waals surface area contributed by atoms with Gasteiger partial charge in [0.25, 0.3) is 0 Å². The Labute approximate surface area is 136 Å². The number of para-hydroxylation sites is 1. The van der Waals surface area contributed by atoms with Gasteiger partial charge in [-0.3, -0.25) is 0 Å². The van der Waals surface area contributed by atoms with Gasteiger partial charge < -0.3 is 5.32 Å². The first-order chi connectivity index (χ1) is 10.8. The van der Waals surface area contributed by atoms with Gasteiger partial charge in [0.15, 0.2) is 5.11 Å². The molecular weight excluding hydrogens is 292 g/mol. The Balaban J connectivity index is 1.91. The summed E-state index contributed by atoms with van der Waals surface area (Å²) in [6, 6.07) is 11.9. The number of thiocarbonyl (C=S) groups is 1.